The zero-order valence-electron chi connectivity index (χ0n) is 10.8. The van der Waals surface area contributed by atoms with Crippen LogP contribution in [0.25, 0.3) is 0 Å². The van der Waals surface area contributed by atoms with E-state index in [1.807, 2.05) is 12.1 Å². The van der Waals surface area contributed by atoms with Crippen LogP contribution in [0.15, 0.2) is 18.2 Å². The molecule has 0 radical (unpaired) electrons. The van der Waals surface area contributed by atoms with Crippen molar-refractivity contribution in [1.82, 2.24) is 0 Å². The molecular formula is C14H21ClN2. The van der Waals surface area contributed by atoms with Gasteiger partial charge in [0.15, 0.2) is 0 Å². The third-order valence-electron chi connectivity index (χ3n) is 3.82. The molecule has 1 aromatic carbocycles. The molecule has 2 N–H and O–H groups in total. The van der Waals surface area contributed by atoms with E-state index in [1.165, 1.54) is 11.3 Å². The monoisotopic (exact) mass is 252 g/mol. The van der Waals surface area contributed by atoms with Crippen molar-refractivity contribution < 1.29 is 0 Å². The van der Waals surface area contributed by atoms with E-state index in [4.69, 9.17) is 17.3 Å². The van der Waals surface area contributed by atoms with Gasteiger partial charge in [-0.25, -0.2) is 0 Å². The zero-order chi connectivity index (χ0) is 12.6. The first-order chi connectivity index (χ1) is 7.95. The Bertz CT molecular complexity index is 415. The third-order valence-corrected chi connectivity index (χ3v) is 4.23. The van der Waals surface area contributed by atoms with Crippen LogP contribution in [0.5, 0.6) is 0 Å². The number of nitrogens with zero attached hydrogens (tertiary/aromatic N) is 1. The summed E-state index contributed by atoms with van der Waals surface area (Å²) in [5.41, 5.74) is 8.39. The first kappa shape index (κ1) is 12.7. The van der Waals surface area contributed by atoms with Gasteiger partial charge in [-0.1, -0.05) is 17.7 Å². The van der Waals surface area contributed by atoms with Crippen molar-refractivity contribution in [2.24, 2.45) is 11.7 Å². The molecule has 1 atom stereocenters. The van der Waals surface area contributed by atoms with Gasteiger partial charge < -0.3 is 10.6 Å². The first-order valence-corrected chi connectivity index (χ1v) is 6.56. The number of halogens is 1. The quantitative estimate of drug-likeness (QED) is 0.876. The second-order valence-corrected chi connectivity index (χ2v) is 6.02. The molecule has 2 nitrogen and oxygen atoms in total. The van der Waals surface area contributed by atoms with E-state index in [9.17, 15) is 0 Å². The molecule has 0 amide bonds. The van der Waals surface area contributed by atoms with Gasteiger partial charge in [0.05, 0.1) is 0 Å². The Balaban J connectivity index is 2.37. The van der Waals surface area contributed by atoms with Crippen molar-refractivity contribution in [2.75, 3.05) is 18.0 Å². The van der Waals surface area contributed by atoms with E-state index in [0.717, 1.165) is 24.5 Å². The summed E-state index contributed by atoms with van der Waals surface area (Å²) in [7, 11) is 0. The van der Waals surface area contributed by atoms with E-state index in [0.29, 0.717) is 5.92 Å². The highest BCUT2D eigenvalue weighted by Crippen LogP contribution is 2.39. The molecule has 1 heterocycles. The summed E-state index contributed by atoms with van der Waals surface area (Å²) in [6.07, 6.45) is 1.15. The molecule has 0 aliphatic carbocycles. The summed E-state index contributed by atoms with van der Waals surface area (Å²) < 4.78 is 0. The van der Waals surface area contributed by atoms with Gasteiger partial charge >= 0.3 is 0 Å². The summed E-state index contributed by atoms with van der Waals surface area (Å²) in [4.78, 5) is 2.45. The van der Waals surface area contributed by atoms with Crippen LogP contribution >= 0.6 is 11.6 Å². The molecule has 1 aromatic rings. The van der Waals surface area contributed by atoms with Crippen LogP contribution in [0.4, 0.5) is 5.69 Å². The van der Waals surface area contributed by atoms with Gasteiger partial charge in [0.25, 0.3) is 0 Å². The number of nitrogens with two attached hydrogens (primary N) is 1. The Morgan fingerprint density at radius 1 is 1.47 bits per heavy atom. The Kier molecular flexibility index (Phi) is 3.37. The third kappa shape index (κ3) is 2.29. The summed E-state index contributed by atoms with van der Waals surface area (Å²) >= 11 is 6.20. The molecule has 1 saturated heterocycles. The highest BCUT2D eigenvalue weighted by molar-refractivity contribution is 6.31. The van der Waals surface area contributed by atoms with Crippen molar-refractivity contribution in [3.8, 4) is 0 Å². The normalized spacial score (nSPS) is 23.1. The van der Waals surface area contributed by atoms with E-state index in [-0.39, 0.29) is 5.54 Å². The van der Waals surface area contributed by atoms with Crippen LogP contribution in [-0.4, -0.2) is 18.6 Å². The smallest absolute Gasteiger partial charge is 0.0455 e. The lowest BCUT2D eigenvalue weighted by molar-refractivity contribution is 0.476. The van der Waals surface area contributed by atoms with Crippen molar-refractivity contribution in [2.45, 2.75) is 32.7 Å². The van der Waals surface area contributed by atoms with Gasteiger partial charge in [-0.15, -0.1) is 0 Å². The van der Waals surface area contributed by atoms with Crippen LogP contribution < -0.4 is 10.6 Å². The second kappa shape index (κ2) is 4.51. The number of hydrogen-bond acceptors (Lipinski definition) is 2. The molecule has 0 saturated carbocycles. The minimum Gasteiger partial charge on any atom is -0.366 e. The molecule has 2 rings (SSSR count). The van der Waals surface area contributed by atoms with E-state index < -0.39 is 0 Å². The lowest BCUT2D eigenvalue weighted by atomic mass is 9.96. The number of hydrogen-bond donors (Lipinski definition) is 1. The van der Waals surface area contributed by atoms with Gasteiger partial charge in [-0.05, 0) is 57.4 Å². The summed E-state index contributed by atoms with van der Waals surface area (Å²) in [6, 6.07) is 6.13. The standard InChI is InChI=1S/C14H21ClN2/c1-10-12(15)5-4-6-13(10)17-9-11(8-16)7-14(17,2)3/h4-6,11H,7-9,16H2,1-3H3. The summed E-state index contributed by atoms with van der Waals surface area (Å²) in [5.74, 6) is 0.586. The maximum atomic E-state index is 6.20. The fourth-order valence-electron chi connectivity index (χ4n) is 2.86. The van der Waals surface area contributed by atoms with Gasteiger partial charge in [-0.2, -0.15) is 0 Å². The zero-order valence-corrected chi connectivity index (χ0v) is 11.6. The van der Waals surface area contributed by atoms with Crippen LogP contribution in [0.1, 0.15) is 25.8 Å². The molecule has 0 spiro atoms. The lowest BCUT2D eigenvalue weighted by Gasteiger charge is -2.35. The van der Waals surface area contributed by atoms with Crippen LogP contribution in [-0.2, 0) is 0 Å². The van der Waals surface area contributed by atoms with Gasteiger partial charge in [0.2, 0.25) is 0 Å². The molecule has 0 aromatic heterocycles. The van der Waals surface area contributed by atoms with E-state index in [2.05, 4.69) is 31.7 Å². The molecule has 1 unspecified atom stereocenters. The highest BCUT2D eigenvalue weighted by Gasteiger charge is 2.38. The molecule has 1 fully saturated rings. The maximum Gasteiger partial charge on any atom is 0.0455 e. The van der Waals surface area contributed by atoms with Gasteiger partial charge in [0.1, 0.15) is 0 Å². The average molecular weight is 253 g/mol. The van der Waals surface area contributed by atoms with Crippen LogP contribution in [0.3, 0.4) is 0 Å². The number of benzene rings is 1. The fraction of sp³-hybridized carbons (Fsp3) is 0.571. The molecule has 3 heteroatoms. The molecule has 1 aliphatic heterocycles. The topological polar surface area (TPSA) is 29.3 Å². The fourth-order valence-corrected chi connectivity index (χ4v) is 3.03. The van der Waals surface area contributed by atoms with Crippen molar-refractivity contribution in [3.05, 3.63) is 28.8 Å². The minimum atomic E-state index is 0.166. The Morgan fingerprint density at radius 2 is 2.18 bits per heavy atom. The number of anilines is 1. The van der Waals surface area contributed by atoms with Gasteiger partial charge in [-0.3, -0.25) is 0 Å². The lowest BCUT2D eigenvalue weighted by Crippen LogP contribution is -2.38. The Labute approximate surface area is 109 Å². The Morgan fingerprint density at radius 3 is 2.76 bits per heavy atom. The summed E-state index contributed by atoms with van der Waals surface area (Å²) in [5, 5.41) is 0.842. The first-order valence-electron chi connectivity index (χ1n) is 6.18. The maximum absolute atomic E-state index is 6.20. The second-order valence-electron chi connectivity index (χ2n) is 5.61. The molecular weight excluding hydrogens is 232 g/mol. The van der Waals surface area contributed by atoms with Crippen molar-refractivity contribution in [1.29, 1.82) is 0 Å². The highest BCUT2D eigenvalue weighted by atomic mass is 35.5. The predicted molar refractivity (Wildman–Crippen MR) is 74.8 cm³/mol. The van der Waals surface area contributed by atoms with Crippen molar-refractivity contribution in [3.63, 3.8) is 0 Å². The average Bonchev–Trinajstić information content (AvgIpc) is 2.58. The Hall–Kier alpha value is -0.730. The SMILES string of the molecule is Cc1c(Cl)cccc1N1CC(CN)CC1(C)C. The van der Waals surface area contributed by atoms with Crippen LogP contribution in [0, 0.1) is 12.8 Å². The summed E-state index contributed by atoms with van der Waals surface area (Å²) in [6.45, 7) is 8.44. The van der Waals surface area contributed by atoms with E-state index in [1.54, 1.807) is 0 Å². The van der Waals surface area contributed by atoms with Crippen molar-refractivity contribution >= 4 is 17.3 Å². The van der Waals surface area contributed by atoms with E-state index >= 15 is 0 Å². The van der Waals surface area contributed by atoms with Gasteiger partial charge in [0, 0.05) is 22.8 Å². The largest absolute Gasteiger partial charge is 0.366 e. The predicted octanol–water partition coefficient (Wildman–Crippen LogP) is 3.21. The van der Waals surface area contributed by atoms with Crippen LogP contribution in [0.2, 0.25) is 5.02 Å². The molecule has 1 aliphatic rings. The molecule has 17 heavy (non-hydrogen) atoms. The number of rotatable bonds is 2. The minimum absolute atomic E-state index is 0.166. The molecule has 94 valence electrons. The molecule has 0 bridgehead atoms.